The van der Waals surface area contributed by atoms with E-state index < -0.39 is 14.3 Å². The third kappa shape index (κ3) is 7.33. The molecule has 0 radical (unpaired) electrons. The zero-order valence-corrected chi connectivity index (χ0v) is 10.2. The maximum absolute atomic E-state index is 10.8. The molecule has 0 fully saturated rings. The Morgan fingerprint density at radius 1 is 1.67 bits per heavy atom. The molecule has 0 aliphatic heterocycles. The largest absolute Gasteiger partial charge is 0.345 e. The molecule has 1 N–H and O–H groups in total. The summed E-state index contributed by atoms with van der Waals surface area (Å²) in [5.41, 5.74) is 0. The molecule has 72 valence electrons. The average molecular weight is 229 g/mol. The van der Waals surface area contributed by atoms with Crippen molar-refractivity contribution in [3.8, 4) is 0 Å². The van der Waals surface area contributed by atoms with Crippen molar-refractivity contribution in [1.29, 1.82) is 0 Å². The second-order valence-corrected chi connectivity index (χ2v) is 8.73. The van der Waals surface area contributed by atoms with Crippen LogP contribution in [0, 0.1) is 5.92 Å². The normalized spacial score (nSPS) is 17.6. The van der Waals surface area contributed by atoms with Gasteiger partial charge in [0.25, 0.3) is 0 Å². The van der Waals surface area contributed by atoms with E-state index in [1.54, 1.807) is 6.66 Å². The van der Waals surface area contributed by atoms with Crippen LogP contribution < -0.4 is 0 Å². The van der Waals surface area contributed by atoms with Crippen LogP contribution in [0.5, 0.6) is 0 Å². The van der Waals surface area contributed by atoms with Gasteiger partial charge in [0.1, 0.15) is 6.66 Å². The molecule has 0 aromatic rings. The van der Waals surface area contributed by atoms with Gasteiger partial charge in [0.2, 0.25) is 12.4 Å². The minimum absolute atomic E-state index is 0.129. The molecule has 6 heteroatoms. The molecule has 0 saturated carbocycles. The van der Waals surface area contributed by atoms with Gasteiger partial charge in [0, 0.05) is 0 Å². The third-order valence-electron chi connectivity index (χ3n) is 0.987. The van der Waals surface area contributed by atoms with Gasteiger partial charge in [0.05, 0.1) is 6.61 Å². The fraction of sp³-hybridized carbons (Fsp3) is 1.00. The van der Waals surface area contributed by atoms with Crippen LogP contribution in [0.25, 0.3) is 0 Å². The van der Waals surface area contributed by atoms with Gasteiger partial charge in [-0.1, -0.05) is 18.4 Å². The number of hydrogen-bond donors (Lipinski definition) is 1. The highest BCUT2D eigenvalue weighted by molar-refractivity contribution is 8.11. The van der Waals surface area contributed by atoms with E-state index in [1.807, 2.05) is 13.8 Å². The molecule has 0 aromatic heterocycles. The van der Waals surface area contributed by atoms with Gasteiger partial charge in [-0.15, -0.1) is 0 Å². The first-order chi connectivity index (χ1) is 5.33. The van der Waals surface area contributed by atoms with Crippen molar-refractivity contribution in [3.05, 3.63) is 0 Å². The monoisotopic (exact) mass is 229 g/mol. The lowest BCUT2D eigenvalue weighted by atomic mass is 10.2. The predicted molar refractivity (Wildman–Crippen MR) is 55.7 cm³/mol. The van der Waals surface area contributed by atoms with Gasteiger partial charge in [0.15, 0.2) is 0 Å². The lowest BCUT2D eigenvalue weighted by molar-refractivity contribution is 0.268. The van der Waals surface area contributed by atoms with Crippen molar-refractivity contribution in [2.75, 3.05) is 19.2 Å². The molecule has 2 unspecified atom stereocenters. The van der Waals surface area contributed by atoms with E-state index in [4.69, 9.17) is 16.3 Å². The minimum atomic E-state index is -2.75. The fourth-order valence-electron chi connectivity index (χ4n) is 0.558. The van der Waals surface area contributed by atoms with Crippen molar-refractivity contribution >= 4 is 26.1 Å². The highest BCUT2D eigenvalue weighted by Crippen LogP contribution is 2.49. The summed E-state index contributed by atoms with van der Waals surface area (Å²) in [6.45, 7) is 3.18. The van der Waals surface area contributed by atoms with Gasteiger partial charge < -0.3 is 9.42 Å². The summed E-state index contributed by atoms with van der Waals surface area (Å²) in [7, 11) is -1.40. The molecular formula is C6H15O3P2S+. The van der Waals surface area contributed by atoms with Crippen LogP contribution in [-0.4, -0.2) is 24.1 Å². The maximum Gasteiger partial charge on any atom is 0.345 e. The Morgan fingerprint density at radius 2 is 2.17 bits per heavy atom. The summed E-state index contributed by atoms with van der Waals surface area (Å²) in [5, 5.41) is 0. The van der Waals surface area contributed by atoms with Gasteiger partial charge in [-0.2, -0.15) is 0 Å². The predicted octanol–water partition coefficient (Wildman–Crippen LogP) is 2.38. The quantitative estimate of drug-likeness (QED) is 0.735. The molecule has 0 aliphatic carbocycles. The lowest BCUT2D eigenvalue weighted by Gasteiger charge is -2.12. The molecule has 0 saturated heterocycles. The zero-order valence-electron chi connectivity index (χ0n) is 7.56. The van der Waals surface area contributed by atoms with Crippen molar-refractivity contribution in [1.82, 2.24) is 0 Å². The van der Waals surface area contributed by atoms with Gasteiger partial charge in [-0.25, -0.2) is 0 Å². The lowest BCUT2D eigenvalue weighted by Crippen LogP contribution is -2.00. The summed E-state index contributed by atoms with van der Waals surface area (Å²) in [6, 6.07) is 0. The second-order valence-electron chi connectivity index (χ2n) is 3.10. The highest BCUT2D eigenvalue weighted by atomic mass is 32.5. The molecule has 3 nitrogen and oxygen atoms in total. The molecule has 0 aliphatic rings. The van der Waals surface area contributed by atoms with E-state index in [9.17, 15) is 9.46 Å². The Hall–Kier alpha value is 0.670. The Labute approximate surface area is 79.5 Å². The molecule has 0 spiro atoms. The first-order valence-electron chi connectivity index (χ1n) is 3.68. The van der Waals surface area contributed by atoms with Crippen molar-refractivity contribution in [2.24, 2.45) is 5.92 Å². The van der Waals surface area contributed by atoms with E-state index in [0.717, 1.165) is 0 Å². The summed E-state index contributed by atoms with van der Waals surface area (Å²) in [4.78, 5) is 9.45. The SMILES string of the molecule is CC(C)COP(O)(=S)C[P+](C)=O. The summed E-state index contributed by atoms with van der Waals surface area (Å²) in [5.74, 6) is 0.471. The van der Waals surface area contributed by atoms with Crippen LogP contribution in [0.2, 0.25) is 0 Å². The van der Waals surface area contributed by atoms with Crippen LogP contribution in [0.4, 0.5) is 0 Å². The summed E-state index contributed by atoms with van der Waals surface area (Å²) < 4.78 is 15.9. The van der Waals surface area contributed by atoms with Crippen molar-refractivity contribution < 1.29 is 14.0 Å². The van der Waals surface area contributed by atoms with Gasteiger partial charge >= 0.3 is 7.80 Å². The van der Waals surface area contributed by atoms with Crippen LogP contribution in [-0.2, 0) is 20.9 Å². The molecule has 0 amide bonds. The van der Waals surface area contributed by atoms with Crippen LogP contribution >= 0.6 is 14.3 Å². The highest BCUT2D eigenvalue weighted by Gasteiger charge is 2.24. The van der Waals surface area contributed by atoms with Crippen LogP contribution in [0.1, 0.15) is 13.8 Å². The zero-order chi connectivity index (χ0) is 9.78. The van der Waals surface area contributed by atoms with Crippen molar-refractivity contribution in [2.45, 2.75) is 13.8 Å². The molecule has 0 bridgehead atoms. The molecule has 0 heterocycles. The molecule has 12 heavy (non-hydrogen) atoms. The average Bonchev–Trinajstić information content (AvgIpc) is 1.81. The van der Waals surface area contributed by atoms with Crippen LogP contribution in [0.3, 0.4) is 0 Å². The third-order valence-corrected chi connectivity index (χ3v) is 5.92. The Bertz CT molecular complexity index is 205. The van der Waals surface area contributed by atoms with Crippen molar-refractivity contribution in [3.63, 3.8) is 0 Å². The Morgan fingerprint density at radius 3 is 2.50 bits per heavy atom. The van der Waals surface area contributed by atoms with E-state index in [0.29, 0.717) is 12.5 Å². The van der Waals surface area contributed by atoms with E-state index in [1.165, 1.54) is 0 Å². The standard InChI is InChI=1S/C6H14O3P2S/c1-6(2)4-9-11(8,12)5-10(3)7/h6H,4-5H2,1-3H3/p+1. The van der Waals surface area contributed by atoms with E-state index in [2.05, 4.69) is 0 Å². The second kappa shape index (κ2) is 5.41. The maximum atomic E-state index is 10.8. The van der Waals surface area contributed by atoms with E-state index in [-0.39, 0.29) is 5.90 Å². The van der Waals surface area contributed by atoms with E-state index >= 15 is 0 Å². The molecular weight excluding hydrogens is 214 g/mol. The first-order valence-corrected chi connectivity index (χ1v) is 8.43. The number of hydrogen-bond acceptors (Lipinski definition) is 3. The van der Waals surface area contributed by atoms with Crippen LogP contribution in [0.15, 0.2) is 0 Å². The summed E-state index contributed by atoms with van der Waals surface area (Å²) >= 11 is 4.80. The topological polar surface area (TPSA) is 46.5 Å². The Balaban J connectivity index is 3.88. The molecule has 2 atom stereocenters. The molecule has 0 rings (SSSR count). The minimum Gasteiger partial charge on any atom is -0.342 e. The first kappa shape index (κ1) is 12.7. The smallest absolute Gasteiger partial charge is 0.342 e. The number of rotatable bonds is 5. The summed E-state index contributed by atoms with van der Waals surface area (Å²) in [6.07, 6.45) is 0. The fourth-order valence-corrected chi connectivity index (χ4v) is 5.08. The Kier molecular flexibility index (Phi) is 5.71. The van der Waals surface area contributed by atoms with Gasteiger partial charge in [-0.05, 0) is 17.7 Å². The molecule has 0 aromatic carbocycles. The van der Waals surface area contributed by atoms with Gasteiger partial charge in [-0.3, -0.25) is 0 Å².